The maximum Gasteiger partial charge on any atom is 0.300 e. The van der Waals surface area contributed by atoms with Gasteiger partial charge in [-0.1, -0.05) is 88.4 Å². The van der Waals surface area contributed by atoms with Crippen molar-refractivity contribution in [3.8, 4) is 5.75 Å². The van der Waals surface area contributed by atoms with Crippen LogP contribution < -0.4 is 4.74 Å². The summed E-state index contributed by atoms with van der Waals surface area (Å²) in [5, 5.41) is 7.42. The maximum absolute atomic E-state index is 9.00. The molecule has 1 saturated heterocycles. The second-order valence-corrected chi connectivity index (χ2v) is 9.53. The zero-order chi connectivity index (χ0) is 25.9. The Balaban J connectivity index is 0.000000778. The zero-order valence-corrected chi connectivity index (χ0v) is 22.7. The highest BCUT2D eigenvalue weighted by molar-refractivity contribution is 8.02. The lowest BCUT2D eigenvalue weighted by atomic mass is 10.1. The van der Waals surface area contributed by atoms with Crippen LogP contribution in [0.4, 0.5) is 0 Å². The van der Waals surface area contributed by atoms with Gasteiger partial charge >= 0.3 is 0 Å². The SMILES string of the molecule is C=C/C=C(/Cc1ccc(OC[C@H]2CCCN2CC)cc1)SCc1ccccc1.CC(=O)O.CCC. The summed E-state index contributed by atoms with van der Waals surface area (Å²) in [5.74, 6) is 1.12. The normalized spacial score (nSPS) is 15.3. The molecular formula is C30H43NO3S. The lowest BCUT2D eigenvalue weighted by Gasteiger charge is -2.22. The molecule has 192 valence electrons. The highest BCUT2D eigenvalue weighted by atomic mass is 32.2. The minimum Gasteiger partial charge on any atom is -0.492 e. The van der Waals surface area contributed by atoms with E-state index in [1.54, 1.807) is 0 Å². The molecule has 0 unspecified atom stereocenters. The number of likely N-dealkylation sites (N-methyl/N-ethyl adjacent to an activating group) is 1. The van der Waals surface area contributed by atoms with Gasteiger partial charge in [-0.3, -0.25) is 9.69 Å². The number of allylic oxidation sites excluding steroid dienone is 3. The summed E-state index contributed by atoms with van der Waals surface area (Å²) in [5.41, 5.74) is 2.65. The van der Waals surface area contributed by atoms with E-state index in [1.807, 2.05) is 17.8 Å². The van der Waals surface area contributed by atoms with Crippen molar-refractivity contribution < 1.29 is 14.6 Å². The van der Waals surface area contributed by atoms with Crippen molar-refractivity contribution in [3.63, 3.8) is 0 Å². The van der Waals surface area contributed by atoms with E-state index in [4.69, 9.17) is 14.6 Å². The van der Waals surface area contributed by atoms with Crippen LogP contribution in [0, 0.1) is 0 Å². The number of carbonyl (C=O) groups is 1. The lowest BCUT2D eigenvalue weighted by Crippen LogP contribution is -2.33. The Bertz CT molecular complexity index is 861. The Morgan fingerprint density at radius 2 is 1.74 bits per heavy atom. The van der Waals surface area contributed by atoms with Crippen LogP contribution in [0.3, 0.4) is 0 Å². The van der Waals surface area contributed by atoms with Crippen LogP contribution in [0.15, 0.2) is 78.2 Å². The van der Waals surface area contributed by atoms with Crippen molar-refractivity contribution in [3.05, 3.63) is 89.4 Å². The molecule has 0 spiro atoms. The Morgan fingerprint density at radius 3 is 2.31 bits per heavy atom. The second-order valence-electron chi connectivity index (χ2n) is 8.43. The number of hydrogen-bond donors (Lipinski definition) is 1. The summed E-state index contributed by atoms with van der Waals surface area (Å²) in [6.07, 6.45) is 8.72. The molecule has 0 bridgehead atoms. The van der Waals surface area contributed by atoms with Crippen molar-refractivity contribution >= 4 is 17.7 Å². The highest BCUT2D eigenvalue weighted by Crippen LogP contribution is 2.26. The molecule has 1 atom stereocenters. The van der Waals surface area contributed by atoms with Gasteiger partial charge < -0.3 is 9.84 Å². The first-order valence-electron chi connectivity index (χ1n) is 12.6. The van der Waals surface area contributed by atoms with Gasteiger partial charge in [-0.15, -0.1) is 11.8 Å². The van der Waals surface area contributed by atoms with Gasteiger partial charge in [0.1, 0.15) is 12.4 Å². The predicted molar refractivity (Wildman–Crippen MR) is 151 cm³/mol. The average Bonchev–Trinajstić information content (AvgIpc) is 3.31. The van der Waals surface area contributed by atoms with E-state index >= 15 is 0 Å². The van der Waals surface area contributed by atoms with Gasteiger partial charge in [0.25, 0.3) is 5.97 Å². The van der Waals surface area contributed by atoms with Gasteiger partial charge in [0, 0.05) is 25.1 Å². The van der Waals surface area contributed by atoms with Crippen LogP contribution in [0.25, 0.3) is 0 Å². The molecule has 2 aromatic rings. The molecule has 0 saturated carbocycles. The lowest BCUT2D eigenvalue weighted by molar-refractivity contribution is -0.134. The zero-order valence-electron chi connectivity index (χ0n) is 21.9. The molecule has 1 fully saturated rings. The number of carboxylic acid groups (broad SMARTS) is 1. The Labute approximate surface area is 217 Å². The third-order valence-corrected chi connectivity index (χ3v) is 6.35. The molecule has 0 radical (unpaired) electrons. The van der Waals surface area contributed by atoms with Crippen molar-refractivity contribution in [2.45, 2.75) is 65.2 Å². The summed E-state index contributed by atoms with van der Waals surface area (Å²) in [6, 6.07) is 19.7. The van der Waals surface area contributed by atoms with E-state index < -0.39 is 5.97 Å². The third kappa shape index (κ3) is 13.8. The van der Waals surface area contributed by atoms with Gasteiger partial charge in [-0.05, 0) is 54.1 Å². The maximum atomic E-state index is 9.00. The molecule has 1 aliphatic heterocycles. The summed E-state index contributed by atoms with van der Waals surface area (Å²) in [7, 11) is 0. The summed E-state index contributed by atoms with van der Waals surface area (Å²) in [6.45, 7) is 14.6. The summed E-state index contributed by atoms with van der Waals surface area (Å²) >= 11 is 1.88. The van der Waals surface area contributed by atoms with Gasteiger partial charge in [0.2, 0.25) is 0 Å². The molecular weight excluding hydrogens is 454 g/mol. The van der Waals surface area contributed by atoms with Crippen LogP contribution in [0.1, 0.15) is 58.1 Å². The highest BCUT2D eigenvalue weighted by Gasteiger charge is 2.23. The van der Waals surface area contributed by atoms with E-state index in [1.165, 1.54) is 41.8 Å². The van der Waals surface area contributed by atoms with Crippen molar-refractivity contribution in [2.75, 3.05) is 19.7 Å². The van der Waals surface area contributed by atoms with Crippen LogP contribution >= 0.6 is 11.8 Å². The van der Waals surface area contributed by atoms with E-state index in [2.05, 4.69) is 92.9 Å². The molecule has 5 heteroatoms. The Kier molecular flexibility index (Phi) is 16.4. The summed E-state index contributed by atoms with van der Waals surface area (Å²) in [4.78, 5) is 12.8. The van der Waals surface area contributed by atoms with Gasteiger partial charge in [-0.25, -0.2) is 0 Å². The molecule has 0 aliphatic carbocycles. The molecule has 35 heavy (non-hydrogen) atoms. The number of hydrogen-bond acceptors (Lipinski definition) is 4. The number of rotatable bonds is 10. The molecule has 1 aliphatic rings. The Hall–Kier alpha value is -2.50. The first-order chi connectivity index (χ1) is 16.9. The fourth-order valence-electron chi connectivity index (χ4n) is 3.64. The van der Waals surface area contributed by atoms with Crippen LogP contribution in [0.5, 0.6) is 5.75 Å². The van der Waals surface area contributed by atoms with E-state index in [-0.39, 0.29) is 0 Å². The van der Waals surface area contributed by atoms with Crippen LogP contribution in [-0.4, -0.2) is 41.7 Å². The number of ether oxygens (including phenoxy) is 1. The Morgan fingerprint density at radius 1 is 1.11 bits per heavy atom. The largest absolute Gasteiger partial charge is 0.492 e. The van der Waals surface area contributed by atoms with Crippen molar-refractivity contribution in [2.24, 2.45) is 0 Å². The topological polar surface area (TPSA) is 49.8 Å². The first-order valence-corrected chi connectivity index (χ1v) is 13.6. The molecule has 0 amide bonds. The number of nitrogens with zero attached hydrogens (tertiary/aromatic N) is 1. The van der Waals surface area contributed by atoms with Gasteiger partial charge in [0.15, 0.2) is 0 Å². The number of likely N-dealkylation sites (tertiary alicyclic amines) is 1. The second kappa shape index (κ2) is 18.8. The first kappa shape index (κ1) is 30.5. The number of aliphatic carboxylic acids is 1. The molecule has 2 aromatic carbocycles. The fourth-order valence-corrected chi connectivity index (χ4v) is 4.64. The molecule has 1 N–H and O–H groups in total. The minimum atomic E-state index is -0.833. The monoisotopic (exact) mass is 497 g/mol. The number of thioether (sulfide) groups is 1. The smallest absolute Gasteiger partial charge is 0.300 e. The third-order valence-electron chi connectivity index (χ3n) is 5.22. The fraction of sp³-hybridized carbons (Fsp3) is 0.433. The summed E-state index contributed by atoms with van der Waals surface area (Å²) < 4.78 is 6.06. The molecule has 3 rings (SSSR count). The van der Waals surface area contributed by atoms with Crippen molar-refractivity contribution in [1.82, 2.24) is 4.90 Å². The van der Waals surface area contributed by atoms with Crippen LogP contribution in [-0.2, 0) is 17.0 Å². The quantitative estimate of drug-likeness (QED) is 0.342. The molecule has 4 nitrogen and oxygen atoms in total. The van der Waals surface area contributed by atoms with Gasteiger partial charge in [-0.2, -0.15) is 0 Å². The van der Waals surface area contributed by atoms with E-state index in [0.717, 1.165) is 38.0 Å². The average molecular weight is 498 g/mol. The molecule has 0 aromatic heterocycles. The minimum absolute atomic E-state index is 0.571. The standard InChI is InChI=1S/C25H31NOS.C3H8.C2H4O2/c1-3-9-25(28-20-22-10-6-5-7-11-22)18-21-13-15-24(16-14-21)27-19-23-12-8-17-26(23)4-2;1-3-2;1-2(3)4/h3,5-7,9-11,13-16,23H,1,4,8,12,17-20H2,2H3;3H2,1-2H3;1H3,(H,3,4)/b25-9-;;/t23-;;/m1../s1. The predicted octanol–water partition coefficient (Wildman–Crippen LogP) is 7.60. The number of benzene rings is 2. The number of carboxylic acids is 1. The molecule has 1 heterocycles. The van der Waals surface area contributed by atoms with E-state index in [0.29, 0.717) is 6.04 Å². The van der Waals surface area contributed by atoms with Crippen molar-refractivity contribution in [1.29, 1.82) is 0 Å². The van der Waals surface area contributed by atoms with E-state index in [9.17, 15) is 0 Å². The van der Waals surface area contributed by atoms with Gasteiger partial charge in [0.05, 0.1) is 0 Å². The van der Waals surface area contributed by atoms with Crippen LogP contribution in [0.2, 0.25) is 0 Å².